The maximum absolute atomic E-state index is 5.57. The van der Waals surface area contributed by atoms with E-state index in [0.717, 1.165) is 34.4 Å². The molecule has 0 aliphatic heterocycles. The number of benzene rings is 2. The number of aromatic amines is 1. The van der Waals surface area contributed by atoms with E-state index in [0.29, 0.717) is 6.54 Å². The minimum atomic E-state index is 0. The lowest BCUT2D eigenvalue weighted by Crippen LogP contribution is -2.03. The lowest BCUT2D eigenvalue weighted by atomic mass is 10.1. The molecule has 3 aromatic rings. The maximum Gasteiger partial charge on any atom is 0.108 e. The van der Waals surface area contributed by atoms with E-state index >= 15 is 0 Å². The Labute approximate surface area is 142 Å². The summed E-state index contributed by atoms with van der Waals surface area (Å²) in [6.07, 6.45) is 0.750. The third kappa shape index (κ3) is 4.02. The summed E-state index contributed by atoms with van der Waals surface area (Å²) in [5, 5.41) is 0. The average molecular weight is 334 g/mol. The molecule has 0 atom stereocenters. The Balaban J connectivity index is 0.00000121. The van der Waals surface area contributed by atoms with E-state index in [-0.39, 0.29) is 24.8 Å². The molecule has 0 radical (unpaired) electrons. The lowest BCUT2D eigenvalue weighted by molar-refractivity contribution is 0.900. The van der Waals surface area contributed by atoms with Crippen LogP contribution in [0.3, 0.4) is 0 Å². The van der Waals surface area contributed by atoms with Gasteiger partial charge in [-0.25, -0.2) is 4.98 Å². The topological polar surface area (TPSA) is 54.7 Å². The number of imidazole rings is 1. The normalized spacial score (nSPS) is 9.32. The lowest BCUT2D eigenvalue weighted by Gasteiger charge is -1.92. The second kappa shape index (κ2) is 8.45. The molecular formula is C17H17Cl2N3. The van der Waals surface area contributed by atoms with Crippen LogP contribution in [-0.4, -0.2) is 16.5 Å². The second-order valence-corrected chi connectivity index (χ2v) is 4.54. The summed E-state index contributed by atoms with van der Waals surface area (Å²) < 4.78 is 0. The first-order chi connectivity index (χ1) is 9.86. The minimum Gasteiger partial charge on any atom is -0.342 e. The fourth-order valence-corrected chi connectivity index (χ4v) is 2.10. The van der Waals surface area contributed by atoms with Crippen molar-refractivity contribution in [2.24, 2.45) is 5.73 Å². The summed E-state index contributed by atoms with van der Waals surface area (Å²) in [5.74, 6) is 7.27. The summed E-state index contributed by atoms with van der Waals surface area (Å²) in [6.45, 7) is 0.588. The Kier molecular flexibility index (Phi) is 6.94. The van der Waals surface area contributed by atoms with Gasteiger partial charge in [0.15, 0.2) is 0 Å². The second-order valence-electron chi connectivity index (χ2n) is 4.54. The van der Waals surface area contributed by atoms with Crippen LogP contribution in [-0.2, 0) is 6.42 Å². The fourth-order valence-electron chi connectivity index (χ4n) is 2.10. The first-order valence-corrected chi connectivity index (χ1v) is 6.61. The molecule has 0 aliphatic rings. The summed E-state index contributed by atoms with van der Waals surface area (Å²) in [7, 11) is 0. The minimum absolute atomic E-state index is 0. The van der Waals surface area contributed by atoms with Crippen LogP contribution >= 0.6 is 24.8 Å². The third-order valence-electron chi connectivity index (χ3n) is 3.06. The van der Waals surface area contributed by atoms with Gasteiger partial charge in [-0.15, -0.1) is 24.8 Å². The van der Waals surface area contributed by atoms with E-state index in [1.165, 1.54) is 0 Å². The van der Waals surface area contributed by atoms with E-state index in [1.807, 2.05) is 48.5 Å². The van der Waals surface area contributed by atoms with Crippen LogP contribution in [0.1, 0.15) is 17.0 Å². The van der Waals surface area contributed by atoms with Gasteiger partial charge < -0.3 is 10.7 Å². The van der Waals surface area contributed by atoms with Gasteiger partial charge in [-0.3, -0.25) is 0 Å². The van der Waals surface area contributed by atoms with E-state index in [2.05, 4.69) is 21.8 Å². The Bertz CT molecular complexity index is 786. The van der Waals surface area contributed by atoms with Crippen LogP contribution in [0.5, 0.6) is 0 Å². The molecular weight excluding hydrogens is 317 g/mol. The molecule has 0 spiro atoms. The van der Waals surface area contributed by atoms with Gasteiger partial charge in [0.2, 0.25) is 0 Å². The van der Waals surface area contributed by atoms with Gasteiger partial charge in [-0.2, -0.15) is 0 Å². The Morgan fingerprint density at radius 1 is 0.955 bits per heavy atom. The van der Waals surface area contributed by atoms with Crippen molar-refractivity contribution in [1.82, 2.24) is 9.97 Å². The van der Waals surface area contributed by atoms with Crippen LogP contribution in [0, 0.1) is 11.8 Å². The van der Waals surface area contributed by atoms with Crippen LogP contribution in [0.15, 0.2) is 48.5 Å². The average Bonchev–Trinajstić information content (AvgIpc) is 2.89. The number of nitrogens with two attached hydrogens (primary N) is 1. The van der Waals surface area contributed by atoms with Gasteiger partial charge in [0, 0.05) is 12.0 Å². The molecule has 0 unspecified atom stereocenters. The monoisotopic (exact) mass is 333 g/mol. The molecule has 3 rings (SSSR count). The Hall–Kier alpha value is -1.99. The zero-order valence-electron chi connectivity index (χ0n) is 11.9. The predicted molar refractivity (Wildman–Crippen MR) is 95.8 cm³/mol. The number of fused-ring (bicyclic) bond motifs is 1. The molecule has 5 heteroatoms. The highest BCUT2D eigenvalue weighted by molar-refractivity contribution is 5.85. The molecule has 114 valence electrons. The first-order valence-electron chi connectivity index (χ1n) is 6.61. The molecule has 2 aromatic carbocycles. The smallest absolute Gasteiger partial charge is 0.108 e. The van der Waals surface area contributed by atoms with Gasteiger partial charge >= 0.3 is 0 Å². The zero-order valence-corrected chi connectivity index (χ0v) is 13.5. The van der Waals surface area contributed by atoms with E-state index < -0.39 is 0 Å². The third-order valence-corrected chi connectivity index (χ3v) is 3.06. The fraction of sp³-hybridized carbons (Fsp3) is 0.118. The van der Waals surface area contributed by atoms with Gasteiger partial charge in [0.05, 0.1) is 11.1 Å². The number of aromatic nitrogens is 2. The number of rotatable bonds is 2. The molecule has 1 heterocycles. The molecule has 0 aliphatic carbocycles. The van der Waals surface area contributed by atoms with Crippen molar-refractivity contribution in [1.29, 1.82) is 0 Å². The number of hydrogen-bond acceptors (Lipinski definition) is 2. The molecule has 0 saturated carbocycles. The highest BCUT2D eigenvalue weighted by Gasteiger charge is 2.04. The Morgan fingerprint density at radius 3 is 2.45 bits per heavy atom. The van der Waals surface area contributed by atoms with Crippen LogP contribution in [0.2, 0.25) is 0 Å². The van der Waals surface area contributed by atoms with Crippen molar-refractivity contribution >= 4 is 35.8 Å². The summed E-state index contributed by atoms with van der Waals surface area (Å²) in [4.78, 5) is 7.85. The Morgan fingerprint density at radius 2 is 1.73 bits per heavy atom. The largest absolute Gasteiger partial charge is 0.342 e. The van der Waals surface area contributed by atoms with Crippen molar-refractivity contribution in [2.45, 2.75) is 6.42 Å². The number of para-hydroxylation sites is 1. The number of nitrogens with one attached hydrogen (secondary N) is 1. The highest BCUT2D eigenvalue weighted by Crippen LogP contribution is 2.16. The maximum atomic E-state index is 5.57. The van der Waals surface area contributed by atoms with E-state index in [4.69, 9.17) is 5.73 Å². The molecule has 22 heavy (non-hydrogen) atoms. The van der Waals surface area contributed by atoms with Gasteiger partial charge in [0.25, 0.3) is 0 Å². The number of hydrogen-bond donors (Lipinski definition) is 2. The summed E-state index contributed by atoms with van der Waals surface area (Å²) in [5.41, 5.74) is 9.43. The van der Waals surface area contributed by atoms with E-state index in [1.54, 1.807) is 0 Å². The van der Waals surface area contributed by atoms with Crippen LogP contribution in [0.25, 0.3) is 11.0 Å². The van der Waals surface area contributed by atoms with Gasteiger partial charge in [0.1, 0.15) is 11.3 Å². The molecule has 3 N–H and O–H groups in total. The number of H-pyrrole nitrogens is 1. The van der Waals surface area contributed by atoms with Crippen LogP contribution < -0.4 is 5.73 Å². The zero-order chi connectivity index (χ0) is 13.8. The van der Waals surface area contributed by atoms with Crippen molar-refractivity contribution in [3.05, 3.63) is 65.5 Å². The SMILES string of the molecule is Cl.Cl.NCCc1nc2c(C#Cc3ccccc3)cccc2[nH]1. The van der Waals surface area contributed by atoms with Crippen molar-refractivity contribution in [2.75, 3.05) is 6.54 Å². The van der Waals surface area contributed by atoms with Crippen molar-refractivity contribution in [3.8, 4) is 11.8 Å². The van der Waals surface area contributed by atoms with Crippen LogP contribution in [0.4, 0.5) is 0 Å². The van der Waals surface area contributed by atoms with Crippen molar-refractivity contribution in [3.63, 3.8) is 0 Å². The molecule has 0 amide bonds. The number of nitrogens with zero attached hydrogens (tertiary/aromatic N) is 1. The quantitative estimate of drug-likeness (QED) is 0.707. The molecule has 1 aromatic heterocycles. The molecule has 0 bridgehead atoms. The highest BCUT2D eigenvalue weighted by atomic mass is 35.5. The van der Waals surface area contributed by atoms with E-state index in [9.17, 15) is 0 Å². The molecule has 0 saturated heterocycles. The standard InChI is InChI=1S/C17H15N3.2ClH/c18-12-11-16-19-15-8-4-7-14(17(15)20-16)10-9-13-5-2-1-3-6-13;;/h1-8H,11-12,18H2,(H,19,20);2*1H. The molecule has 0 fully saturated rings. The van der Waals surface area contributed by atoms with Gasteiger partial charge in [-0.1, -0.05) is 36.1 Å². The first kappa shape index (κ1) is 18.1. The van der Waals surface area contributed by atoms with Gasteiger partial charge in [-0.05, 0) is 30.8 Å². The summed E-state index contributed by atoms with van der Waals surface area (Å²) >= 11 is 0. The summed E-state index contributed by atoms with van der Waals surface area (Å²) in [6, 6.07) is 15.9. The van der Waals surface area contributed by atoms with Crippen molar-refractivity contribution < 1.29 is 0 Å². The number of halogens is 2. The predicted octanol–water partition coefficient (Wildman–Crippen LogP) is 3.31. The molecule has 3 nitrogen and oxygen atoms in total.